The van der Waals surface area contributed by atoms with Crippen molar-refractivity contribution in [2.45, 2.75) is 50.3 Å². The molecule has 1 saturated heterocycles. The second kappa shape index (κ2) is 4.84. The fourth-order valence-electron chi connectivity index (χ4n) is 3.22. The molecule has 2 N–H and O–H groups in total. The fraction of sp³-hybridized carbons (Fsp3) is 1.00. The maximum atomic E-state index is 9.53. The first-order chi connectivity index (χ1) is 8.00. The van der Waals surface area contributed by atoms with Gasteiger partial charge in [0.2, 0.25) is 0 Å². The van der Waals surface area contributed by atoms with Gasteiger partial charge < -0.3 is 15.2 Å². The van der Waals surface area contributed by atoms with Gasteiger partial charge in [0.25, 0.3) is 0 Å². The van der Waals surface area contributed by atoms with Gasteiger partial charge >= 0.3 is 0 Å². The summed E-state index contributed by atoms with van der Waals surface area (Å²) >= 11 is 0. The van der Waals surface area contributed by atoms with Gasteiger partial charge in [0.05, 0.1) is 18.8 Å². The number of hydrogen-bond acceptors (Lipinski definition) is 4. The van der Waals surface area contributed by atoms with Crippen molar-refractivity contribution in [3.63, 3.8) is 0 Å². The highest BCUT2D eigenvalue weighted by molar-refractivity contribution is 5.00. The minimum absolute atomic E-state index is 0.0254. The van der Waals surface area contributed by atoms with E-state index in [-0.39, 0.29) is 17.7 Å². The van der Waals surface area contributed by atoms with Crippen molar-refractivity contribution >= 4 is 0 Å². The zero-order valence-electron chi connectivity index (χ0n) is 11.3. The molecule has 17 heavy (non-hydrogen) atoms. The molecule has 0 amide bonds. The molecule has 0 aromatic rings. The van der Waals surface area contributed by atoms with Crippen LogP contribution in [0.15, 0.2) is 0 Å². The van der Waals surface area contributed by atoms with E-state index in [1.54, 1.807) is 0 Å². The first-order valence-corrected chi connectivity index (χ1v) is 6.68. The van der Waals surface area contributed by atoms with E-state index >= 15 is 0 Å². The molecule has 0 bridgehead atoms. The van der Waals surface area contributed by atoms with Crippen molar-refractivity contribution in [2.24, 2.45) is 0 Å². The third-order valence-electron chi connectivity index (χ3n) is 4.39. The Balaban J connectivity index is 1.96. The Morgan fingerprint density at radius 1 is 1.47 bits per heavy atom. The molecule has 2 fully saturated rings. The number of aliphatic hydroxyl groups is 1. The standard InChI is InChI=1S/C13H26N2O2/c1-12(2)9-15(6-7-17-12)11-4-5-13(8-11,10-16)14-3/h11,14,16H,4-10H2,1-3H3. The lowest BCUT2D eigenvalue weighted by atomic mass is 9.98. The van der Waals surface area contributed by atoms with Crippen molar-refractivity contribution in [3.8, 4) is 0 Å². The topological polar surface area (TPSA) is 44.7 Å². The highest BCUT2D eigenvalue weighted by Gasteiger charge is 2.41. The van der Waals surface area contributed by atoms with Crippen molar-refractivity contribution in [3.05, 3.63) is 0 Å². The molecule has 2 atom stereocenters. The van der Waals surface area contributed by atoms with Crippen LogP contribution in [0.1, 0.15) is 33.1 Å². The van der Waals surface area contributed by atoms with Crippen LogP contribution in [0.2, 0.25) is 0 Å². The van der Waals surface area contributed by atoms with Crippen molar-refractivity contribution in [1.29, 1.82) is 0 Å². The van der Waals surface area contributed by atoms with Crippen LogP contribution >= 0.6 is 0 Å². The lowest BCUT2D eigenvalue weighted by Crippen LogP contribution is -2.53. The van der Waals surface area contributed by atoms with E-state index in [0.29, 0.717) is 6.04 Å². The maximum absolute atomic E-state index is 9.53. The molecule has 4 nitrogen and oxygen atoms in total. The molecule has 0 aromatic carbocycles. The average Bonchev–Trinajstić information content (AvgIpc) is 2.73. The quantitative estimate of drug-likeness (QED) is 0.761. The molecule has 0 aromatic heterocycles. The van der Waals surface area contributed by atoms with Crippen LogP contribution in [0.5, 0.6) is 0 Å². The van der Waals surface area contributed by atoms with Gasteiger partial charge in [0.1, 0.15) is 0 Å². The van der Waals surface area contributed by atoms with Crippen molar-refractivity contribution < 1.29 is 9.84 Å². The molecule has 0 radical (unpaired) electrons. The zero-order chi connectivity index (χ0) is 12.5. The summed E-state index contributed by atoms with van der Waals surface area (Å²) in [7, 11) is 1.96. The second-order valence-electron chi connectivity index (χ2n) is 6.16. The summed E-state index contributed by atoms with van der Waals surface area (Å²) in [6, 6.07) is 0.595. The zero-order valence-corrected chi connectivity index (χ0v) is 11.3. The number of hydrogen-bond donors (Lipinski definition) is 2. The fourth-order valence-corrected chi connectivity index (χ4v) is 3.22. The Morgan fingerprint density at radius 2 is 2.24 bits per heavy atom. The van der Waals surface area contributed by atoms with Gasteiger partial charge in [0.15, 0.2) is 0 Å². The van der Waals surface area contributed by atoms with Crippen LogP contribution in [-0.2, 0) is 4.74 Å². The van der Waals surface area contributed by atoms with Gasteiger partial charge in [-0.15, -0.1) is 0 Å². The molecule has 2 aliphatic rings. The molecule has 4 heteroatoms. The number of nitrogens with one attached hydrogen (secondary N) is 1. The van der Waals surface area contributed by atoms with Crippen LogP contribution < -0.4 is 5.32 Å². The normalized spacial score (nSPS) is 38.5. The highest BCUT2D eigenvalue weighted by Crippen LogP contribution is 2.34. The third-order valence-corrected chi connectivity index (χ3v) is 4.39. The number of morpholine rings is 1. The first kappa shape index (κ1) is 13.3. The Hall–Kier alpha value is -0.160. The monoisotopic (exact) mass is 242 g/mol. The highest BCUT2D eigenvalue weighted by atomic mass is 16.5. The molecular weight excluding hydrogens is 216 g/mol. The number of ether oxygens (including phenoxy) is 1. The largest absolute Gasteiger partial charge is 0.394 e. The Kier molecular flexibility index (Phi) is 3.78. The van der Waals surface area contributed by atoms with E-state index in [1.807, 2.05) is 7.05 Å². The van der Waals surface area contributed by atoms with Crippen LogP contribution in [0.4, 0.5) is 0 Å². The van der Waals surface area contributed by atoms with Gasteiger partial charge in [-0.25, -0.2) is 0 Å². The molecular formula is C13H26N2O2. The summed E-state index contributed by atoms with van der Waals surface area (Å²) in [5.74, 6) is 0. The van der Waals surface area contributed by atoms with E-state index in [9.17, 15) is 5.11 Å². The minimum Gasteiger partial charge on any atom is -0.394 e. The summed E-state index contributed by atoms with van der Waals surface area (Å²) in [5, 5.41) is 12.8. The molecule has 2 rings (SSSR count). The molecule has 2 unspecified atom stereocenters. The number of aliphatic hydroxyl groups excluding tert-OH is 1. The number of likely N-dealkylation sites (N-methyl/N-ethyl adjacent to an activating group) is 1. The molecule has 1 aliphatic carbocycles. The summed E-state index contributed by atoms with van der Waals surface area (Å²) in [5.41, 5.74) is -0.0739. The minimum atomic E-state index is -0.0485. The lowest BCUT2D eigenvalue weighted by molar-refractivity contribution is -0.0971. The van der Waals surface area contributed by atoms with Gasteiger partial charge in [-0.05, 0) is 40.2 Å². The Labute approximate surface area is 104 Å². The van der Waals surface area contributed by atoms with E-state index in [2.05, 4.69) is 24.1 Å². The summed E-state index contributed by atoms with van der Waals surface area (Å²) in [6.07, 6.45) is 3.30. The predicted octanol–water partition coefficient (Wildman–Crippen LogP) is 0.600. The predicted molar refractivity (Wildman–Crippen MR) is 68.1 cm³/mol. The second-order valence-corrected chi connectivity index (χ2v) is 6.16. The van der Waals surface area contributed by atoms with E-state index in [0.717, 1.165) is 32.5 Å². The summed E-state index contributed by atoms with van der Waals surface area (Å²) in [6.45, 7) is 7.42. The first-order valence-electron chi connectivity index (χ1n) is 6.68. The molecule has 1 heterocycles. The van der Waals surface area contributed by atoms with Gasteiger partial charge in [0, 0.05) is 24.7 Å². The Morgan fingerprint density at radius 3 is 2.76 bits per heavy atom. The number of rotatable bonds is 3. The van der Waals surface area contributed by atoms with Crippen LogP contribution in [0, 0.1) is 0 Å². The molecule has 1 aliphatic heterocycles. The maximum Gasteiger partial charge on any atom is 0.0753 e. The third kappa shape index (κ3) is 2.81. The van der Waals surface area contributed by atoms with Gasteiger partial charge in [-0.1, -0.05) is 0 Å². The van der Waals surface area contributed by atoms with Crippen LogP contribution in [-0.4, -0.2) is 60.5 Å². The van der Waals surface area contributed by atoms with E-state index < -0.39 is 0 Å². The molecule has 100 valence electrons. The van der Waals surface area contributed by atoms with E-state index in [1.165, 1.54) is 6.42 Å². The summed E-state index contributed by atoms with van der Waals surface area (Å²) < 4.78 is 5.75. The lowest BCUT2D eigenvalue weighted by Gasteiger charge is -2.41. The van der Waals surface area contributed by atoms with Gasteiger partial charge in [-0.2, -0.15) is 0 Å². The van der Waals surface area contributed by atoms with Crippen LogP contribution in [0.3, 0.4) is 0 Å². The van der Waals surface area contributed by atoms with Crippen LogP contribution in [0.25, 0.3) is 0 Å². The average molecular weight is 242 g/mol. The van der Waals surface area contributed by atoms with Gasteiger partial charge in [-0.3, -0.25) is 4.90 Å². The van der Waals surface area contributed by atoms with Crippen molar-refractivity contribution in [1.82, 2.24) is 10.2 Å². The SMILES string of the molecule is CNC1(CO)CCC(N2CCOC(C)(C)C2)C1. The van der Waals surface area contributed by atoms with Crippen molar-refractivity contribution in [2.75, 3.05) is 33.4 Å². The number of nitrogens with zero attached hydrogens (tertiary/aromatic N) is 1. The Bertz CT molecular complexity index is 264. The molecule has 0 spiro atoms. The van der Waals surface area contributed by atoms with E-state index in [4.69, 9.17) is 4.74 Å². The smallest absolute Gasteiger partial charge is 0.0753 e. The summed E-state index contributed by atoms with van der Waals surface area (Å²) in [4.78, 5) is 2.54. The molecule has 1 saturated carbocycles.